The fraction of sp³-hybridized carbons (Fsp3) is 0.367. The summed E-state index contributed by atoms with van der Waals surface area (Å²) in [4.78, 5) is 4.79. The quantitative estimate of drug-likeness (QED) is 0.308. The molecule has 0 bridgehead atoms. The molecule has 0 amide bonds. The van der Waals surface area contributed by atoms with Gasteiger partial charge in [-0.15, -0.1) is 5.10 Å². The number of aromatic nitrogens is 5. The zero-order chi connectivity index (χ0) is 30.0. The molecule has 202 valence electrons. The number of rotatable bonds is 5. The summed E-state index contributed by atoms with van der Waals surface area (Å²) in [6.45, 7) is 1.89. The average Bonchev–Trinajstić information content (AvgIpc) is 3.48. The van der Waals surface area contributed by atoms with E-state index in [1.54, 1.807) is 27.1 Å². The highest BCUT2D eigenvalue weighted by Gasteiger charge is 2.33. The number of aliphatic hydroxyl groups is 1. The van der Waals surface area contributed by atoms with Crippen LogP contribution >= 0.6 is 0 Å². The van der Waals surface area contributed by atoms with Gasteiger partial charge in [-0.05, 0) is 63.2 Å². The molecule has 9 heteroatoms. The molecular weight excluding hydrogens is 500 g/mol. The van der Waals surface area contributed by atoms with Crippen LogP contribution in [0.2, 0.25) is 0 Å². The summed E-state index contributed by atoms with van der Waals surface area (Å²) >= 11 is 0. The number of pyridine rings is 1. The molecule has 1 aliphatic heterocycles. The Balaban J connectivity index is 1.71. The van der Waals surface area contributed by atoms with Crippen LogP contribution in [0.4, 0.5) is 8.78 Å². The van der Waals surface area contributed by atoms with E-state index in [4.69, 9.17) is 13.8 Å². The molecule has 1 aliphatic rings. The number of hydrogen-bond donors (Lipinski definition) is 1. The summed E-state index contributed by atoms with van der Waals surface area (Å²) in [6, 6.07) is 10.5. The highest BCUT2D eigenvalue weighted by atomic mass is 19.1. The maximum absolute atomic E-state index is 15.6. The number of halogens is 2. The average molecular weight is 535 g/mol. The number of aryl methyl sites for hydroxylation is 2. The fourth-order valence-corrected chi connectivity index (χ4v) is 5.77. The van der Waals surface area contributed by atoms with Gasteiger partial charge >= 0.3 is 0 Å². The Labute approximate surface area is 229 Å². The highest BCUT2D eigenvalue weighted by Crippen LogP contribution is 2.42. The van der Waals surface area contributed by atoms with E-state index in [2.05, 4.69) is 10.3 Å². The minimum absolute atomic E-state index is 0.0664. The van der Waals surface area contributed by atoms with Gasteiger partial charge in [0.05, 0.1) is 39.6 Å². The first-order chi connectivity index (χ1) is 19.8. The molecule has 2 aromatic carbocycles. The van der Waals surface area contributed by atoms with E-state index in [0.717, 1.165) is 11.5 Å². The van der Waals surface area contributed by atoms with Crippen molar-refractivity contribution < 1.29 is 22.7 Å². The van der Waals surface area contributed by atoms with Gasteiger partial charge in [0.15, 0.2) is 0 Å². The fourth-order valence-electron chi connectivity index (χ4n) is 5.77. The van der Waals surface area contributed by atoms with Gasteiger partial charge in [0, 0.05) is 53.2 Å². The van der Waals surface area contributed by atoms with Crippen molar-refractivity contribution >= 4 is 21.9 Å². The third-order valence-corrected chi connectivity index (χ3v) is 7.72. The molecule has 0 saturated carbocycles. The molecule has 1 N–H and O–H groups in total. The van der Waals surface area contributed by atoms with Crippen LogP contribution in [0.3, 0.4) is 0 Å². The molecule has 7 nitrogen and oxygen atoms in total. The van der Waals surface area contributed by atoms with Crippen molar-refractivity contribution in [3.63, 3.8) is 0 Å². The van der Waals surface area contributed by atoms with Crippen molar-refractivity contribution in [1.82, 2.24) is 24.5 Å². The summed E-state index contributed by atoms with van der Waals surface area (Å²) < 4.78 is 62.8. The van der Waals surface area contributed by atoms with Crippen molar-refractivity contribution in [2.45, 2.75) is 45.2 Å². The molecule has 0 spiro atoms. The molecule has 0 radical (unpaired) electrons. The van der Waals surface area contributed by atoms with Crippen LogP contribution in [0, 0.1) is 24.4 Å². The molecule has 1 unspecified atom stereocenters. The molecule has 0 aliphatic carbocycles. The lowest BCUT2D eigenvalue weighted by Crippen LogP contribution is -2.27. The number of nitrogens with zero attached hydrogens (tertiary/aromatic N) is 5. The van der Waals surface area contributed by atoms with Gasteiger partial charge in [0.25, 0.3) is 0 Å². The maximum atomic E-state index is 15.6. The van der Waals surface area contributed by atoms with Crippen LogP contribution in [0.15, 0.2) is 48.7 Å². The van der Waals surface area contributed by atoms with Gasteiger partial charge in [-0.3, -0.25) is 4.98 Å². The van der Waals surface area contributed by atoms with Crippen molar-refractivity contribution in [1.29, 1.82) is 0 Å². The van der Waals surface area contributed by atoms with Gasteiger partial charge in [-0.2, -0.15) is 0 Å². The Morgan fingerprint density at radius 3 is 2.62 bits per heavy atom. The predicted molar refractivity (Wildman–Crippen MR) is 145 cm³/mol. The van der Waals surface area contributed by atoms with Gasteiger partial charge in [-0.1, -0.05) is 23.4 Å². The van der Waals surface area contributed by atoms with Crippen molar-refractivity contribution in [3.8, 4) is 11.3 Å². The lowest BCUT2D eigenvalue weighted by atomic mass is 9.86. The summed E-state index contributed by atoms with van der Waals surface area (Å²) in [5.41, 5.74) is 2.44. The Bertz CT molecular complexity index is 1800. The van der Waals surface area contributed by atoms with Crippen LogP contribution in [0.5, 0.6) is 0 Å². The Hall–Kier alpha value is -3.69. The van der Waals surface area contributed by atoms with Gasteiger partial charge in [0.1, 0.15) is 11.6 Å². The van der Waals surface area contributed by atoms with Gasteiger partial charge in [0.2, 0.25) is 0 Å². The van der Waals surface area contributed by atoms with E-state index >= 15 is 4.39 Å². The molecule has 4 heterocycles. The lowest BCUT2D eigenvalue weighted by molar-refractivity contribution is 0.0548. The number of hydrogen-bond acceptors (Lipinski definition) is 5. The van der Waals surface area contributed by atoms with Crippen molar-refractivity contribution in [3.05, 3.63) is 77.1 Å². The van der Waals surface area contributed by atoms with E-state index in [9.17, 15) is 9.50 Å². The SMILES string of the molecule is [2H]C([2H])([2H])c1nnn(C)c1-c1cnc2c3ccc(C(C)(C)O)cc3n(C(c3ccc(F)cc3F)C3CCOCC3)c2c1. The summed E-state index contributed by atoms with van der Waals surface area (Å²) in [7, 11) is 1.62. The first-order valence-electron chi connectivity index (χ1n) is 14.4. The third-order valence-electron chi connectivity index (χ3n) is 7.72. The Morgan fingerprint density at radius 1 is 1.10 bits per heavy atom. The van der Waals surface area contributed by atoms with E-state index in [0.29, 0.717) is 65.0 Å². The van der Waals surface area contributed by atoms with E-state index < -0.39 is 30.1 Å². The van der Waals surface area contributed by atoms with Crippen LogP contribution in [-0.2, 0) is 17.4 Å². The molecule has 39 heavy (non-hydrogen) atoms. The third kappa shape index (κ3) is 4.39. The topological polar surface area (TPSA) is 78.0 Å². The van der Waals surface area contributed by atoms with Crippen LogP contribution in [0.1, 0.15) is 53.7 Å². The predicted octanol–water partition coefficient (Wildman–Crippen LogP) is 5.82. The van der Waals surface area contributed by atoms with E-state index in [-0.39, 0.29) is 11.6 Å². The Kier molecular flexibility index (Phi) is 5.40. The van der Waals surface area contributed by atoms with Crippen LogP contribution < -0.4 is 0 Å². The molecule has 3 aromatic heterocycles. The van der Waals surface area contributed by atoms with Gasteiger partial charge in [-0.25, -0.2) is 13.5 Å². The van der Waals surface area contributed by atoms with E-state index in [1.165, 1.54) is 16.8 Å². The van der Waals surface area contributed by atoms with Gasteiger partial charge < -0.3 is 14.4 Å². The number of fused-ring (bicyclic) bond motifs is 3. The summed E-state index contributed by atoms with van der Waals surface area (Å²) in [5, 5.41) is 19.5. The molecule has 1 fully saturated rings. The van der Waals surface area contributed by atoms with Crippen LogP contribution in [0.25, 0.3) is 33.2 Å². The molecule has 1 saturated heterocycles. The van der Waals surface area contributed by atoms with Crippen molar-refractivity contribution in [2.75, 3.05) is 13.2 Å². The van der Waals surface area contributed by atoms with Crippen molar-refractivity contribution in [2.24, 2.45) is 13.0 Å². The second-order valence-electron chi connectivity index (χ2n) is 10.7. The molecule has 6 rings (SSSR count). The largest absolute Gasteiger partial charge is 0.386 e. The number of ether oxygens (including phenoxy) is 1. The zero-order valence-electron chi connectivity index (χ0n) is 24.9. The lowest BCUT2D eigenvalue weighted by Gasteiger charge is -2.33. The van der Waals surface area contributed by atoms with Crippen LogP contribution in [-0.4, -0.2) is 42.9 Å². The first kappa shape index (κ1) is 22.2. The number of benzene rings is 2. The minimum Gasteiger partial charge on any atom is -0.386 e. The second-order valence-corrected chi connectivity index (χ2v) is 10.7. The summed E-state index contributed by atoms with van der Waals surface area (Å²) in [5.74, 6) is -1.40. The molecular formula is C30H31F2N5O2. The monoisotopic (exact) mass is 534 g/mol. The summed E-state index contributed by atoms with van der Waals surface area (Å²) in [6.07, 6.45) is 2.89. The molecule has 5 aromatic rings. The Morgan fingerprint density at radius 2 is 1.90 bits per heavy atom. The minimum atomic E-state index is -2.51. The maximum Gasteiger partial charge on any atom is 0.131 e. The zero-order valence-corrected chi connectivity index (χ0v) is 21.9. The highest BCUT2D eigenvalue weighted by molar-refractivity contribution is 6.07. The first-order valence-corrected chi connectivity index (χ1v) is 12.9. The standard InChI is InChI=1S/C30H31F2N5O2/c1-17-28(36(4)35-34-17)19-13-26-27(33-16-19)23-7-5-20(30(2,3)38)14-25(23)37(26)29(18-9-11-39-12-10-18)22-8-6-21(31)15-24(22)32/h5-8,13-16,18,29,38H,9-12H2,1-4H3/i1D3. The smallest absolute Gasteiger partial charge is 0.131 e. The van der Waals surface area contributed by atoms with E-state index in [1.807, 2.05) is 28.8 Å². The normalized spacial score (nSPS) is 17.3. The second kappa shape index (κ2) is 9.50. The molecule has 1 atom stereocenters.